The second-order valence-corrected chi connectivity index (χ2v) is 5.39. The molecule has 3 N–H and O–H groups in total. The minimum atomic E-state index is -0.153. The van der Waals surface area contributed by atoms with Gasteiger partial charge in [-0.25, -0.2) is 0 Å². The zero-order valence-corrected chi connectivity index (χ0v) is 12.0. The standard InChI is InChI=1S/C15H24N2O2/c1-4-12-9-19-10(2)8-17(12)13-5-6-14(11(3)16)15(18)7-13/h5-7,10-12,18H,4,8-9,16H2,1-3H3. The molecule has 3 unspecified atom stereocenters. The average molecular weight is 264 g/mol. The van der Waals surface area contributed by atoms with E-state index in [4.69, 9.17) is 10.5 Å². The molecule has 1 heterocycles. The Morgan fingerprint density at radius 3 is 2.84 bits per heavy atom. The first-order valence-corrected chi connectivity index (χ1v) is 6.99. The highest BCUT2D eigenvalue weighted by molar-refractivity contribution is 5.55. The fraction of sp³-hybridized carbons (Fsp3) is 0.600. The number of rotatable bonds is 3. The highest BCUT2D eigenvalue weighted by Crippen LogP contribution is 2.31. The Hall–Kier alpha value is -1.26. The lowest BCUT2D eigenvalue weighted by atomic mass is 10.0. The van der Waals surface area contributed by atoms with E-state index >= 15 is 0 Å². The minimum Gasteiger partial charge on any atom is -0.508 e. The molecule has 1 fully saturated rings. The first-order valence-electron chi connectivity index (χ1n) is 6.99. The molecule has 0 spiro atoms. The van der Waals surface area contributed by atoms with Crippen molar-refractivity contribution in [3.05, 3.63) is 23.8 Å². The van der Waals surface area contributed by atoms with Gasteiger partial charge < -0.3 is 20.5 Å². The monoisotopic (exact) mass is 264 g/mol. The molecular formula is C15H24N2O2. The Morgan fingerprint density at radius 1 is 1.53 bits per heavy atom. The highest BCUT2D eigenvalue weighted by Gasteiger charge is 2.26. The molecule has 1 aliphatic rings. The second-order valence-electron chi connectivity index (χ2n) is 5.39. The van der Waals surface area contributed by atoms with Crippen molar-refractivity contribution in [2.24, 2.45) is 5.73 Å². The second kappa shape index (κ2) is 5.80. The zero-order valence-electron chi connectivity index (χ0n) is 12.0. The number of anilines is 1. The summed E-state index contributed by atoms with van der Waals surface area (Å²) in [7, 11) is 0. The predicted octanol–water partition coefficient (Wildman–Crippen LogP) is 2.42. The Bertz CT molecular complexity index is 434. The molecule has 0 saturated carbocycles. The van der Waals surface area contributed by atoms with E-state index in [9.17, 15) is 5.11 Å². The molecular weight excluding hydrogens is 240 g/mol. The van der Waals surface area contributed by atoms with Gasteiger partial charge in [0.05, 0.1) is 18.8 Å². The Kier molecular flexibility index (Phi) is 4.32. The lowest BCUT2D eigenvalue weighted by molar-refractivity contribution is 0.0299. The van der Waals surface area contributed by atoms with Crippen LogP contribution in [0.5, 0.6) is 5.75 Å². The number of hydrogen-bond donors (Lipinski definition) is 2. The Balaban J connectivity index is 2.26. The number of morpholine rings is 1. The van der Waals surface area contributed by atoms with Crippen LogP contribution >= 0.6 is 0 Å². The molecule has 4 nitrogen and oxygen atoms in total. The molecule has 106 valence electrons. The SMILES string of the molecule is CCC1COC(C)CN1c1ccc(C(C)N)c(O)c1. The van der Waals surface area contributed by atoms with Crippen LogP contribution in [0.25, 0.3) is 0 Å². The van der Waals surface area contributed by atoms with Crippen molar-refractivity contribution in [2.45, 2.75) is 45.4 Å². The molecule has 3 atom stereocenters. The molecule has 19 heavy (non-hydrogen) atoms. The third kappa shape index (κ3) is 3.01. The van der Waals surface area contributed by atoms with Crippen molar-refractivity contribution in [1.29, 1.82) is 0 Å². The average Bonchev–Trinajstić information content (AvgIpc) is 2.38. The topological polar surface area (TPSA) is 58.7 Å². The van der Waals surface area contributed by atoms with Crippen molar-refractivity contribution in [3.8, 4) is 5.75 Å². The molecule has 1 aromatic carbocycles. The van der Waals surface area contributed by atoms with Crippen LogP contribution in [-0.4, -0.2) is 30.4 Å². The van der Waals surface area contributed by atoms with Crippen LogP contribution in [-0.2, 0) is 4.74 Å². The number of phenolic OH excluding ortho intramolecular Hbond substituents is 1. The van der Waals surface area contributed by atoms with Crippen LogP contribution in [0, 0.1) is 0 Å². The first-order chi connectivity index (χ1) is 9.02. The molecule has 1 saturated heterocycles. The van der Waals surface area contributed by atoms with E-state index in [1.165, 1.54) is 0 Å². The van der Waals surface area contributed by atoms with E-state index in [2.05, 4.69) is 18.7 Å². The fourth-order valence-corrected chi connectivity index (χ4v) is 2.59. The van der Waals surface area contributed by atoms with E-state index < -0.39 is 0 Å². The maximum absolute atomic E-state index is 10.1. The molecule has 1 aliphatic heterocycles. The summed E-state index contributed by atoms with van der Waals surface area (Å²) in [6.07, 6.45) is 1.25. The smallest absolute Gasteiger partial charge is 0.122 e. The summed E-state index contributed by atoms with van der Waals surface area (Å²) >= 11 is 0. The lowest BCUT2D eigenvalue weighted by Crippen LogP contribution is -2.48. The largest absolute Gasteiger partial charge is 0.508 e. The summed E-state index contributed by atoms with van der Waals surface area (Å²) in [4.78, 5) is 2.32. The normalized spacial score (nSPS) is 25.4. The summed E-state index contributed by atoms with van der Waals surface area (Å²) in [5.41, 5.74) is 7.66. The summed E-state index contributed by atoms with van der Waals surface area (Å²) in [6.45, 7) is 7.71. The van der Waals surface area contributed by atoms with Crippen molar-refractivity contribution in [2.75, 3.05) is 18.1 Å². The van der Waals surface area contributed by atoms with Crippen molar-refractivity contribution >= 4 is 5.69 Å². The van der Waals surface area contributed by atoms with Crippen LogP contribution in [0.3, 0.4) is 0 Å². The molecule has 0 bridgehead atoms. The number of nitrogens with zero attached hydrogens (tertiary/aromatic N) is 1. The lowest BCUT2D eigenvalue weighted by Gasteiger charge is -2.40. The van der Waals surface area contributed by atoms with Crippen LogP contribution in [0.15, 0.2) is 18.2 Å². The summed E-state index contributed by atoms with van der Waals surface area (Å²) in [5, 5.41) is 10.1. The molecule has 0 aliphatic carbocycles. The predicted molar refractivity (Wildman–Crippen MR) is 77.5 cm³/mol. The number of phenols is 1. The van der Waals surface area contributed by atoms with Gasteiger partial charge in [0.15, 0.2) is 0 Å². The maximum atomic E-state index is 10.1. The van der Waals surface area contributed by atoms with Gasteiger partial charge in [0.2, 0.25) is 0 Å². The van der Waals surface area contributed by atoms with E-state index in [1.54, 1.807) is 0 Å². The molecule has 0 amide bonds. The molecule has 1 aromatic rings. The molecule has 0 aromatic heterocycles. The molecule has 4 heteroatoms. The van der Waals surface area contributed by atoms with Gasteiger partial charge in [0, 0.05) is 29.9 Å². The van der Waals surface area contributed by atoms with Gasteiger partial charge in [-0.05, 0) is 26.3 Å². The van der Waals surface area contributed by atoms with E-state index in [0.29, 0.717) is 6.04 Å². The van der Waals surface area contributed by atoms with Crippen LogP contribution < -0.4 is 10.6 Å². The van der Waals surface area contributed by atoms with Crippen LogP contribution in [0.2, 0.25) is 0 Å². The number of nitrogens with two attached hydrogens (primary N) is 1. The number of hydrogen-bond acceptors (Lipinski definition) is 4. The fourth-order valence-electron chi connectivity index (χ4n) is 2.59. The summed E-state index contributed by atoms with van der Waals surface area (Å²) in [5.74, 6) is 0.279. The zero-order chi connectivity index (χ0) is 14.0. The van der Waals surface area contributed by atoms with Crippen molar-refractivity contribution in [1.82, 2.24) is 0 Å². The third-order valence-electron chi connectivity index (χ3n) is 3.78. The quantitative estimate of drug-likeness (QED) is 0.880. The van der Waals surface area contributed by atoms with Gasteiger partial charge in [-0.3, -0.25) is 0 Å². The van der Waals surface area contributed by atoms with E-state index in [1.807, 2.05) is 25.1 Å². The van der Waals surface area contributed by atoms with Gasteiger partial charge in [0.25, 0.3) is 0 Å². The minimum absolute atomic E-state index is 0.153. The Morgan fingerprint density at radius 2 is 2.26 bits per heavy atom. The van der Waals surface area contributed by atoms with Gasteiger partial charge >= 0.3 is 0 Å². The van der Waals surface area contributed by atoms with E-state index in [0.717, 1.165) is 30.8 Å². The Labute approximate surface area is 115 Å². The summed E-state index contributed by atoms with van der Waals surface area (Å²) < 4.78 is 5.70. The first kappa shape index (κ1) is 14.2. The molecule has 2 rings (SSSR count). The van der Waals surface area contributed by atoms with Crippen molar-refractivity contribution < 1.29 is 9.84 Å². The van der Waals surface area contributed by atoms with Gasteiger partial charge in [-0.2, -0.15) is 0 Å². The van der Waals surface area contributed by atoms with Gasteiger partial charge in [-0.15, -0.1) is 0 Å². The maximum Gasteiger partial charge on any atom is 0.122 e. The summed E-state index contributed by atoms with van der Waals surface area (Å²) in [6, 6.07) is 6.00. The number of ether oxygens (including phenoxy) is 1. The van der Waals surface area contributed by atoms with Crippen LogP contribution in [0.4, 0.5) is 5.69 Å². The highest BCUT2D eigenvalue weighted by atomic mass is 16.5. The number of benzene rings is 1. The van der Waals surface area contributed by atoms with Gasteiger partial charge in [-0.1, -0.05) is 13.0 Å². The number of aromatic hydroxyl groups is 1. The van der Waals surface area contributed by atoms with Crippen molar-refractivity contribution in [3.63, 3.8) is 0 Å². The molecule has 0 radical (unpaired) electrons. The third-order valence-corrected chi connectivity index (χ3v) is 3.78. The van der Waals surface area contributed by atoms with E-state index in [-0.39, 0.29) is 17.9 Å². The van der Waals surface area contributed by atoms with Crippen LogP contribution in [0.1, 0.15) is 38.8 Å². The van der Waals surface area contributed by atoms with Gasteiger partial charge in [0.1, 0.15) is 5.75 Å².